The Kier molecular flexibility index (Phi) is 4.78. The van der Waals surface area contributed by atoms with Crippen molar-refractivity contribution >= 4 is 16.5 Å². The lowest BCUT2D eigenvalue weighted by Gasteiger charge is -2.16. The zero-order chi connectivity index (χ0) is 10.4. The van der Waals surface area contributed by atoms with Crippen LogP contribution in [0.25, 0.3) is 0 Å². The summed E-state index contributed by atoms with van der Waals surface area (Å²) in [6.07, 6.45) is 0. The molecular weight excluding hydrogens is 200 g/mol. The minimum atomic E-state index is 0.186. The summed E-state index contributed by atoms with van der Waals surface area (Å²) < 4.78 is 0. The van der Waals surface area contributed by atoms with Gasteiger partial charge in [-0.15, -0.1) is 10.2 Å². The van der Waals surface area contributed by atoms with Crippen molar-refractivity contribution in [3.05, 3.63) is 5.01 Å². The Morgan fingerprint density at radius 1 is 1.50 bits per heavy atom. The molecular formula is C8H16N4OS. The number of likely N-dealkylation sites (N-methyl/N-ethyl adjacent to an activating group) is 1. The lowest BCUT2D eigenvalue weighted by atomic mass is 10.5. The largest absolute Gasteiger partial charge is 0.395 e. The topological polar surface area (TPSA) is 61.3 Å². The number of nitrogens with one attached hydrogen (secondary N) is 1. The third-order valence-electron chi connectivity index (χ3n) is 1.90. The molecule has 0 saturated carbocycles. The molecule has 0 unspecified atom stereocenters. The fourth-order valence-electron chi connectivity index (χ4n) is 1.10. The van der Waals surface area contributed by atoms with Gasteiger partial charge in [0.15, 0.2) is 0 Å². The molecule has 6 heteroatoms. The van der Waals surface area contributed by atoms with Gasteiger partial charge in [-0.3, -0.25) is 4.90 Å². The molecule has 0 aliphatic carbocycles. The number of hydrogen-bond donors (Lipinski definition) is 2. The van der Waals surface area contributed by atoms with Crippen molar-refractivity contribution < 1.29 is 5.11 Å². The highest BCUT2D eigenvalue weighted by Gasteiger charge is 2.07. The number of hydrogen-bond acceptors (Lipinski definition) is 6. The summed E-state index contributed by atoms with van der Waals surface area (Å²) in [7, 11) is 1.83. The molecule has 1 aromatic heterocycles. The average molecular weight is 216 g/mol. The fourth-order valence-corrected chi connectivity index (χ4v) is 1.84. The van der Waals surface area contributed by atoms with Gasteiger partial charge in [-0.1, -0.05) is 18.3 Å². The van der Waals surface area contributed by atoms with Crippen LogP contribution >= 0.6 is 11.3 Å². The van der Waals surface area contributed by atoms with E-state index in [0.717, 1.165) is 23.2 Å². The number of aromatic nitrogens is 2. The van der Waals surface area contributed by atoms with E-state index in [4.69, 9.17) is 5.11 Å². The van der Waals surface area contributed by atoms with Crippen molar-refractivity contribution in [2.45, 2.75) is 13.5 Å². The number of nitrogens with zero attached hydrogens (tertiary/aromatic N) is 3. The summed E-state index contributed by atoms with van der Waals surface area (Å²) in [5, 5.41) is 21.6. The molecule has 0 amide bonds. The van der Waals surface area contributed by atoms with Gasteiger partial charge in [0.25, 0.3) is 0 Å². The van der Waals surface area contributed by atoms with E-state index >= 15 is 0 Å². The monoisotopic (exact) mass is 216 g/mol. The molecule has 0 fully saturated rings. The second-order valence-corrected chi connectivity index (χ2v) is 3.91. The van der Waals surface area contributed by atoms with Gasteiger partial charge in [-0.2, -0.15) is 0 Å². The predicted octanol–water partition coefficient (Wildman–Crippen LogP) is 0.394. The highest BCUT2D eigenvalue weighted by Crippen LogP contribution is 2.15. The van der Waals surface area contributed by atoms with Crippen LogP contribution in [0.3, 0.4) is 0 Å². The first-order chi connectivity index (χ1) is 6.80. The van der Waals surface area contributed by atoms with E-state index < -0.39 is 0 Å². The van der Waals surface area contributed by atoms with Gasteiger partial charge in [-0.25, -0.2) is 0 Å². The zero-order valence-corrected chi connectivity index (χ0v) is 9.34. The highest BCUT2D eigenvalue weighted by atomic mass is 32.1. The summed E-state index contributed by atoms with van der Waals surface area (Å²) in [6.45, 7) is 4.61. The van der Waals surface area contributed by atoms with Crippen LogP contribution in [0.1, 0.15) is 11.9 Å². The van der Waals surface area contributed by atoms with E-state index in [9.17, 15) is 0 Å². The Hall–Kier alpha value is -0.720. The first-order valence-electron chi connectivity index (χ1n) is 4.63. The first-order valence-corrected chi connectivity index (χ1v) is 5.45. The number of aliphatic hydroxyl groups is 1. The molecule has 1 heterocycles. The third-order valence-corrected chi connectivity index (χ3v) is 2.83. The van der Waals surface area contributed by atoms with Gasteiger partial charge < -0.3 is 10.4 Å². The Balaban J connectivity index is 2.48. The van der Waals surface area contributed by atoms with E-state index in [0.29, 0.717) is 6.54 Å². The molecule has 2 N–H and O–H groups in total. The van der Waals surface area contributed by atoms with Gasteiger partial charge in [0.05, 0.1) is 13.2 Å². The second kappa shape index (κ2) is 5.90. The summed E-state index contributed by atoms with van der Waals surface area (Å²) in [5.74, 6) is 0. The van der Waals surface area contributed by atoms with Crippen LogP contribution in [0.4, 0.5) is 5.13 Å². The maximum absolute atomic E-state index is 8.81. The van der Waals surface area contributed by atoms with Gasteiger partial charge in [0, 0.05) is 13.6 Å². The standard InChI is InChI=1S/C8H16N4OS/c1-3-12(4-5-13)6-7-10-11-8(9-2)14-7/h13H,3-6H2,1-2H3,(H,9,11). The van der Waals surface area contributed by atoms with Crippen LogP contribution in [-0.2, 0) is 6.54 Å². The minimum Gasteiger partial charge on any atom is -0.395 e. The molecule has 5 nitrogen and oxygen atoms in total. The summed E-state index contributed by atoms with van der Waals surface area (Å²) in [4.78, 5) is 2.12. The van der Waals surface area contributed by atoms with Crippen molar-refractivity contribution in [3.8, 4) is 0 Å². The number of rotatable bonds is 6. The van der Waals surface area contributed by atoms with Crippen LogP contribution in [0.5, 0.6) is 0 Å². The van der Waals surface area contributed by atoms with Crippen molar-refractivity contribution in [2.75, 3.05) is 32.1 Å². The molecule has 0 atom stereocenters. The highest BCUT2D eigenvalue weighted by molar-refractivity contribution is 7.15. The molecule has 0 saturated heterocycles. The van der Waals surface area contributed by atoms with E-state index in [1.54, 1.807) is 11.3 Å². The molecule has 0 aromatic carbocycles. The van der Waals surface area contributed by atoms with E-state index in [1.165, 1.54) is 0 Å². The smallest absolute Gasteiger partial charge is 0.205 e. The third kappa shape index (κ3) is 3.21. The molecule has 80 valence electrons. The van der Waals surface area contributed by atoms with Gasteiger partial charge in [-0.05, 0) is 6.54 Å². The zero-order valence-electron chi connectivity index (χ0n) is 8.53. The van der Waals surface area contributed by atoms with Crippen LogP contribution in [-0.4, -0.2) is 46.9 Å². The van der Waals surface area contributed by atoms with E-state index in [2.05, 4.69) is 27.3 Å². The maximum atomic E-state index is 8.81. The summed E-state index contributed by atoms with van der Waals surface area (Å²) in [6, 6.07) is 0. The van der Waals surface area contributed by atoms with Crippen molar-refractivity contribution in [1.29, 1.82) is 0 Å². The van der Waals surface area contributed by atoms with Crippen LogP contribution in [0, 0.1) is 0 Å². The van der Waals surface area contributed by atoms with Gasteiger partial charge in [0.2, 0.25) is 5.13 Å². The van der Waals surface area contributed by atoms with Crippen LogP contribution < -0.4 is 5.32 Å². The fraction of sp³-hybridized carbons (Fsp3) is 0.750. The summed E-state index contributed by atoms with van der Waals surface area (Å²) >= 11 is 1.55. The van der Waals surface area contributed by atoms with Crippen LogP contribution in [0.2, 0.25) is 0 Å². The lowest BCUT2D eigenvalue weighted by molar-refractivity contribution is 0.196. The minimum absolute atomic E-state index is 0.186. The van der Waals surface area contributed by atoms with Crippen molar-refractivity contribution in [3.63, 3.8) is 0 Å². The van der Waals surface area contributed by atoms with E-state index in [1.807, 2.05) is 7.05 Å². The molecule has 0 aliphatic rings. The van der Waals surface area contributed by atoms with E-state index in [-0.39, 0.29) is 6.61 Å². The normalized spacial score (nSPS) is 10.9. The SMILES string of the molecule is CCN(CCO)Cc1nnc(NC)s1. The molecule has 0 bridgehead atoms. The van der Waals surface area contributed by atoms with Gasteiger partial charge in [0.1, 0.15) is 5.01 Å². The lowest BCUT2D eigenvalue weighted by Crippen LogP contribution is -2.25. The average Bonchev–Trinajstić information content (AvgIpc) is 2.65. The van der Waals surface area contributed by atoms with Crippen molar-refractivity contribution in [2.24, 2.45) is 0 Å². The predicted molar refractivity (Wildman–Crippen MR) is 57.5 cm³/mol. The van der Waals surface area contributed by atoms with Crippen LogP contribution in [0.15, 0.2) is 0 Å². The Morgan fingerprint density at radius 3 is 2.79 bits per heavy atom. The molecule has 0 aliphatic heterocycles. The molecule has 0 radical (unpaired) electrons. The molecule has 0 spiro atoms. The molecule has 1 aromatic rings. The first kappa shape index (κ1) is 11.4. The summed E-state index contributed by atoms with van der Waals surface area (Å²) in [5.41, 5.74) is 0. The van der Waals surface area contributed by atoms with Crippen molar-refractivity contribution in [1.82, 2.24) is 15.1 Å². The van der Waals surface area contributed by atoms with Gasteiger partial charge >= 0.3 is 0 Å². The molecule has 14 heavy (non-hydrogen) atoms. The molecule has 1 rings (SSSR count). The second-order valence-electron chi connectivity index (χ2n) is 2.84. The maximum Gasteiger partial charge on any atom is 0.205 e. The quantitative estimate of drug-likeness (QED) is 0.720. The number of aliphatic hydroxyl groups excluding tert-OH is 1. The number of anilines is 1. The Labute approximate surface area is 87.8 Å². The Morgan fingerprint density at radius 2 is 2.29 bits per heavy atom. The Bertz CT molecular complexity index is 266.